The summed E-state index contributed by atoms with van der Waals surface area (Å²) >= 11 is 0. The molecule has 1 atom stereocenters. The average molecular weight is 265 g/mol. The first-order chi connectivity index (χ1) is 9.72. The fraction of sp³-hybridized carbons (Fsp3) is 0.118. The maximum atomic E-state index is 9.47. The first kappa shape index (κ1) is 12.6. The highest BCUT2D eigenvalue weighted by atomic mass is 16.5. The molecule has 0 aliphatic rings. The quantitative estimate of drug-likeness (QED) is 0.775. The van der Waals surface area contributed by atoms with E-state index in [0.717, 1.165) is 22.2 Å². The van der Waals surface area contributed by atoms with Crippen LogP contribution in [0.5, 0.6) is 11.5 Å². The molecule has 0 bridgehead atoms. The molecule has 3 nitrogen and oxygen atoms in total. The molecule has 0 aliphatic heterocycles. The zero-order chi connectivity index (χ0) is 13.9. The Morgan fingerprint density at radius 2 is 1.75 bits per heavy atom. The molecular formula is C17H15NO2. The van der Waals surface area contributed by atoms with Gasteiger partial charge in [-0.1, -0.05) is 30.3 Å². The SMILES string of the molecule is C[C@@H](O)c1ccc(Oc2cnc3ccccc3c2)cc1. The predicted octanol–water partition coefficient (Wildman–Crippen LogP) is 4.08. The second kappa shape index (κ2) is 5.31. The summed E-state index contributed by atoms with van der Waals surface area (Å²) in [6.45, 7) is 1.74. The van der Waals surface area contributed by atoms with Gasteiger partial charge in [0.05, 0.1) is 17.8 Å². The molecule has 3 aromatic rings. The van der Waals surface area contributed by atoms with Crippen LogP contribution < -0.4 is 4.74 Å². The van der Waals surface area contributed by atoms with Crippen LogP contribution in [0.15, 0.2) is 60.8 Å². The number of ether oxygens (including phenoxy) is 1. The van der Waals surface area contributed by atoms with Crippen LogP contribution in [0.25, 0.3) is 10.9 Å². The fourth-order valence-corrected chi connectivity index (χ4v) is 2.06. The predicted molar refractivity (Wildman–Crippen MR) is 78.9 cm³/mol. The van der Waals surface area contributed by atoms with Crippen LogP contribution in [0.3, 0.4) is 0 Å². The third-order valence-electron chi connectivity index (χ3n) is 3.16. The molecule has 2 aromatic carbocycles. The molecule has 20 heavy (non-hydrogen) atoms. The highest BCUT2D eigenvalue weighted by Gasteiger charge is 2.03. The fourth-order valence-electron chi connectivity index (χ4n) is 2.06. The number of hydrogen-bond donors (Lipinski definition) is 1. The molecule has 0 saturated carbocycles. The number of nitrogens with zero attached hydrogens (tertiary/aromatic N) is 1. The number of hydrogen-bond acceptors (Lipinski definition) is 3. The van der Waals surface area contributed by atoms with Gasteiger partial charge in [0, 0.05) is 5.39 Å². The third-order valence-corrected chi connectivity index (χ3v) is 3.16. The van der Waals surface area contributed by atoms with Crippen LogP contribution in [0.2, 0.25) is 0 Å². The molecular weight excluding hydrogens is 250 g/mol. The molecule has 100 valence electrons. The van der Waals surface area contributed by atoms with E-state index in [1.54, 1.807) is 13.1 Å². The molecule has 0 aliphatic carbocycles. The first-order valence-electron chi connectivity index (χ1n) is 6.53. The molecule has 1 N–H and O–H groups in total. The minimum Gasteiger partial charge on any atom is -0.456 e. The van der Waals surface area contributed by atoms with E-state index in [1.165, 1.54) is 0 Å². The third kappa shape index (κ3) is 2.63. The smallest absolute Gasteiger partial charge is 0.146 e. The molecule has 0 spiro atoms. The van der Waals surface area contributed by atoms with Crippen molar-refractivity contribution < 1.29 is 9.84 Å². The van der Waals surface area contributed by atoms with Gasteiger partial charge < -0.3 is 9.84 Å². The zero-order valence-corrected chi connectivity index (χ0v) is 11.2. The monoisotopic (exact) mass is 265 g/mol. The summed E-state index contributed by atoms with van der Waals surface area (Å²) in [4.78, 5) is 4.36. The van der Waals surface area contributed by atoms with E-state index < -0.39 is 6.10 Å². The Morgan fingerprint density at radius 1 is 1.00 bits per heavy atom. The van der Waals surface area contributed by atoms with Gasteiger partial charge in [-0.05, 0) is 36.8 Å². The van der Waals surface area contributed by atoms with Crippen LogP contribution >= 0.6 is 0 Å². The Kier molecular flexibility index (Phi) is 3.35. The maximum absolute atomic E-state index is 9.47. The number of aromatic nitrogens is 1. The van der Waals surface area contributed by atoms with Gasteiger partial charge in [-0.15, -0.1) is 0 Å². The largest absolute Gasteiger partial charge is 0.456 e. The van der Waals surface area contributed by atoms with E-state index in [4.69, 9.17) is 4.74 Å². The van der Waals surface area contributed by atoms with Crippen molar-refractivity contribution in [2.45, 2.75) is 13.0 Å². The van der Waals surface area contributed by atoms with Crippen molar-refractivity contribution in [3.63, 3.8) is 0 Å². The van der Waals surface area contributed by atoms with Gasteiger partial charge in [-0.25, -0.2) is 0 Å². The number of benzene rings is 2. The summed E-state index contributed by atoms with van der Waals surface area (Å²) in [7, 11) is 0. The number of fused-ring (bicyclic) bond motifs is 1. The standard InChI is InChI=1S/C17H15NO2/c1-12(19)13-6-8-15(9-7-13)20-16-10-14-4-2-3-5-17(14)18-11-16/h2-12,19H,1H3/t12-/m1/s1. The Hall–Kier alpha value is -2.39. The molecule has 3 rings (SSSR count). The number of aliphatic hydroxyl groups is 1. The van der Waals surface area contributed by atoms with Crippen molar-refractivity contribution in [3.05, 3.63) is 66.4 Å². The lowest BCUT2D eigenvalue weighted by molar-refractivity contribution is 0.199. The molecule has 0 amide bonds. The van der Waals surface area contributed by atoms with Gasteiger partial charge in [0.1, 0.15) is 11.5 Å². The van der Waals surface area contributed by atoms with E-state index in [0.29, 0.717) is 5.75 Å². The average Bonchev–Trinajstić information content (AvgIpc) is 2.48. The van der Waals surface area contributed by atoms with Crippen LogP contribution in [0.4, 0.5) is 0 Å². The molecule has 0 saturated heterocycles. The second-order valence-corrected chi connectivity index (χ2v) is 4.71. The highest BCUT2D eigenvalue weighted by molar-refractivity contribution is 5.79. The van der Waals surface area contributed by atoms with E-state index in [1.807, 2.05) is 54.6 Å². The van der Waals surface area contributed by atoms with E-state index in [9.17, 15) is 5.11 Å². The van der Waals surface area contributed by atoms with E-state index in [-0.39, 0.29) is 0 Å². The molecule has 1 heterocycles. The van der Waals surface area contributed by atoms with Gasteiger partial charge in [-0.3, -0.25) is 4.98 Å². The van der Waals surface area contributed by atoms with Crippen molar-refractivity contribution in [1.29, 1.82) is 0 Å². The van der Waals surface area contributed by atoms with Gasteiger partial charge in [0.15, 0.2) is 0 Å². The topological polar surface area (TPSA) is 42.4 Å². The minimum atomic E-state index is -0.466. The normalized spacial score (nSPS) is 12.3. The molecule has 0 fully saturated rings. The Bertz CT molecular complexity index is 720. The summed E-state index contributed by atoms with van der Waals surface area (Å²) in [6.07, 6.45) is 1.25. The Morgan fingerprint density at radius 3 is 2.50 bits per heavy atom. The summed E-state index contributed by atoms with van der Waals surface area (Å²) in [5.41, 5.74) is 1.82. The minimum absolute atomic E-state index is 0.466. The second-order valence-electron chi connectivity index (χ2n) is 4.71. The van der Waals surface area contributed by atoms with Crippen LogP contribution in [0.1, 0.15) is 18.6 Å². The molecule has 0 radical (unpaired) electrons. The Labute approximate surface area is 117 Å². The van der Waals surface area contributed by atoms with Crippen molar-refractivity contribution in [2.75, 3.05) is 0 Å². The molecule has 0 unspecified atom stereocenters. The van der Waals surface area contributed by atoms with E-state index in [2.05, 4.69) is 4.98 Å². The lowest BCUT2D eigenvalue weighted by Crippen LogP contribution is -1.91. The number of rotatable bonds is 3. The lowest BCUT2D eigenvalue weighted by Gasteiger charge is -2.08. The van der Waals surface area contributed by atoms with Crippen molar-refractivity contribution in [1.82, 2.24) is 4.98 Å². The van der Waals surface area contributed by atoms with Gasteiger partial charge in [0.25, 0.3) is 0 Å². The lowest BCUT2D eigenvalue weighted by atomic mass is 10.1. The first-order valence-corrected chi connectivity index (χ1v) is 6.53. The van der Waals surface area contributed by atoms with Gasteiger partial charge in [0.2, 0.25) is 0 Å². The summed E-state index contributed by atoms with van der Waals surface area (Å²) in [5.74, 6) is 1.43. The van der Waals surface area contributed by atoms with Gasteiger partial charge >= 0.3 is 0 Å². The highest BCUT2D eigenvalue weighted by Crippen LogP contribution is 2.25. The van der Waals surface area contributed by atoms with Crippen LogP contribution in [0, 0.1) is 0 Å². The number of pyridine rings is 1. The maximum Gasteiger partial charge on any atom is 0.146 e. The summed E-state index contributed by atoms with van der Waals surface area (Å²) in [6, 6.07) is 17.3. The molecule has 3 heteroatoms. The number of para-hydroxylation sites is 1. The Balaban J connectivity index is 1.85. The number of aliphatic hydroxyl groups excluding tert-OH is 1. The van der Waals surface area contributed by atoms with Crippen LogP contribution in [-0.2, 0) is 0 Å². The summed E-state index contributed by atoms with van der Waals surface area (Å²) < 4.78 is 5.78. The van der Waals surface area contributed by atoms with Crippen molar-refractivity contribution in [2.24, 2.45) is 0 Å². The molecule has 1 aromatic heterocycles. The van der Waals surface area contributed by atoms with Crippen molar-refractivity contribution >= 4 is 10.9 Å². The zero-order valence-electron chi connectivity index (χ0n) is 11.2. The summed E-state index contributed by atoms with van der Waals surface area (Å²) in [5, 5.41) is 10.5. The van der Waals surface area contributed by atoms with Gasteiger partial charge in [-0.2, -0.15) is 0 Å². The van der Waals surface area contributed by atoms with Crippen LogP contribution in [-0.4, -0.2) is 10.1 Å². The van der Waals surface area contributed by atoms with Crippen molar-refractivity contribution in [3.8, 4) is 11.5 Å². The van der Waals surface area contributed by atoms with E-state index >= 15 is 0 Å².